The van der Waals surface area contributed by atoms with Gasteiger partial charge in [0.25, 0.3) is 5.91 Å². The number of nitrogens with zero attached hydrogens (tertiary/aromatic N) is 2. The van der Waals surface area contributed by atoms with Gasteiger partial charge in [-0.1, -0.05) is 0 Å². The van der Waals surface area contributed by atoms with Crippen LogP contribution in [0.3, 0.4) is 0 Å². The van der Waals surface area contributed by atoms with Crippen LogP contribution in [0.5, 0.6) is 0 Å². The van der Waals surface area contributed by atoms with E-state index in [0.29, 0.717) is 11.5 Å². The normalized spacial score (nSPS) is 26.0. The van der Waals surface area contributed by atoms with Crippen LogP contribution in [0.2, 0.25) is 0 Å². The van der Waals surface area contributed by atoms with Gasteiger partial charge in [-0.3, -0.25) is 4.79 Å². The lowest BCUT2D eigenvalue weighted by atomic mass is 9.99. The van der Waals surface area contributed by atoms with Crippen LogP contribution in [0.4, 0.5) is 5.69 Å². The molecule has 0 aromatic heterocycles. The Morgan fingerprint density at radius 2 is 2.00 bits per heavy atom. The minimum absolute atomic E-state index is 0.120. The summed E-state index contributed by atoms with van der Waals surface area (Å²) in [5, 5.41) is 4.35. The Balaban J connectivity index is 1.63. The predicted molar refractivity (Wildman–Crippen MR) is 81.1 cm³/mol. The van der Waals surface area contributed by atoms with Crippen LogP contribution in [0.1, 0.15) is 36.0 Å². The zero-order valence-corrected chi connectivity index (χ0v) is 12.1. The summed E-state index contributed by atoms with van der Waals surface area (Å²) in [4.78, 5) is 14.1. The fraction of sp³-hybridized carbons (Fsp3) is 0.500. The largest absolute Gasteiger partial charge is 0.378 e. The summed E-state index contributed by atoms with van der Waals surface area (Å²) in [7, 11) is 3.96. The number of carbonyl (C=O) groups is 1. The third-order valence-corrected chi connectivity index (χ3v) is 4.46. The molecule has 0 spiro atoms. The molecule has 106 valence electrons. The quantitative estimate of drug-likeness (QED) is 0.859. The minimum Gasteiger partial charge on any atom is -0.378 e. The Morgan fingerprint density at radius 1 is 1.25 bits per heavy atom. The number of nitrogens with one attached hydrogen (secondary N) is 1. The molecule has 2 unspecified atom stereocenters. The van der Waals surface area contributed by atoms with Gasteiger partial charge < -0.3 is 4.90 Å². The van der Waals surface area contributed by atoms with Crippen molar-refractivity contribution in [3.05, 3.63) is 29.8 Å². The summed E-state index contributed by atoms with van der Waals surface area (Å²) >= 11 is 0. The van der Waals surface area contributed by atoms with Crippen molar-refractivity contribution in [2.24, 2.45) is 16.9 Å². The monoisotopic (exact) mass is 271 g/mol. The molecule has 0 radical (unpaired) electrons. The third-order valence-electron chi connectivity index (χ3n) is 4.46. The van der Waals surface area contributed by atoms with E-state index < -0.39 is 0 Å². The van der Waals surface area contributed by atoms with Crippen LogP contribution in [0.15, 0.2) is 29.4 Å². The second-order valence-electron chi connectivity index (χ2n) is 6.07. The molecule has 4 heteroatoms. The molecule has 0 aliphatic heterocycles. The van der Waals surface area contributed by atoms with E-state index in [9.17, 15) is 4.79 Å². The molecule has 2 atom stereocenters. The molecule has 1 N–H and O–H groups in total. The molecule has 2 aliphatic carbocycles. The van der Waals surface area contributed by atoms with E-state index in [1.54, 1.807) is 0 Å². The maximum Gasteiger partial charge on any atom is 0.271 e. The summed E-state index contributed by atoms with van der Waals surface area (Å²) in [5.74, 6) is 1.32. The Hall–Kier alpha value is -1.84. The summed E-state index contributed by atoms with van der Waals surface area (Å²) < 4.78 is 0. The molecule has 1 aromatic carbocycles. The fourth-order valence-corrected chi connectivity index (χ4v) is 3.26. The fourth-order valence-electron chi connectivity index (χ4n) is 3.26. The average Bonchev–Trinajstić information content (AvgIpc) is 3.07. The molecular formula is C16H21N3O. The zero-order valence-electron chi connectivity index (χ0n) is 12.1. The first-order valence-electron chi connectivity index (χ1n) is 7.27. The maximum atomic E-state index is 12.1. The molecule has 0 saturated heterocycles. The van der Waals surface area contributed by atoms with Crippen molar-refractivity contribution < 1.29 is 4.79 Å². The highest BCUT2D eigenvalue weighted by Gasteiger charge is 2.36. The standard InChI is InChI=1S/C16H21N3O/c1-19(2)14-7-5-12(6-8-14)16(20)18-17-15-10-11-3-4-13(15)9-11/h5-8,11,13H,3-4,9-10H2,1-2H3,(H,18,20). The van der Waals surface area contributed by atoms with Crippen LogP contribution < -0.4 is 10.3 Å². The van der Waals surface area contributed by atoms with Crippen molar-refractivity contribution >= 4 is 17.3 Å². The highest BCUT2D eigenvalue weighted by Crippen LogP contribution is 2.42. The van der Waals surface area contributed by atoms with Gasteiger partial charge in [0.05, 0.1) is 0 Å². The number of rotatable bonds is 3. The van der Waals surface area contributed by atoms with Gasteiger partial charge >= 0.3 is 0 Å². The van der Waals surface area contributed by atoms with Crippen molar-refractivity contribution in [1.82, 2.24) is 5.43 Å². The third kappa shape index (κ3) is 2.55. The number of benzene rings is 1. The topological polar surface area (TPSA) is 44.7 Å². The lowest BCUT2D eigenvalue weighted by Gasteiger charge is -2.13. The number of amides is 1. The first-order valence-corrected chi connectivity index (χ1v) is 7.27. The number of hydrogen-bond donors (Lipinski definition) is 1. The average molecular weight is 271 g/mol. The highest BCUT2D eigenvalue weighted by molar-refractivity contribution is 5.96. The van der Waals surface area contributed by atoms with Crippen molar-refractivity contribution in [3.8, 4) is 0 Å². The molecule has 20 heavy (non-hydrogen) atoms. The molecule has 1 aromatic rings. The van der Waals surface area contributed by atoms with Crippen LogP contribution in [0, 0.1) is 11.8 Å². The summed E-state index contributed by atoms with van der Waals surface area (Å²) in [6.45, 7) is 0. The van der Waals surface area contributed by atoms with E-state index in [4.69, 9.17) is 0 Å². The van der Waals surface area contributed by atoms with Gasteiger partial charge in [-0.2, -0.15) is 5.10 Å². The van der Waals surface area contributed by atoms with Crippen LogP contribution in [-0.4, -0.2) is 25.7 Å². The Morgan fingerprint density at radius 3 is 2.55 bits per heavy atom. The van der Waals surface area contributed by atoms with Gasteiger partial charge in [0, 0.05) is 31.1 Å². The minimum atomic E-state index is -0.120. The van der Waals surface area contributed by atoms with E-state index in [0.717, 1.165) is 18.0 Å². The molecule has 1 amide bonds. The van der Waals surface area contributed by atoms with Crippen LogP contribution in [-0.2, 0) is 0 Å². The van der Waals surface area contributed by atoms with Gasteiger partial charge in [0.2, 0.25) is 0 Å². The van der Waals surface area contributed by atoms with E-state index in [1.807, 2.05) is 43.3 Å². The summed E-state index contributed by atoms with van der Waals surface area (Å²) in [6.07, 6.45) is 4.93. The molecule has 4 nitrogen and oxygen atoms in total. The number of hydrogen-bond acceptors (Lipinski definition) is 3. The zero-order chi connectivity index (χ0) is 14.1. The second-order valence-corrected chi connectivity index (χ2v) is 6.07. The SMILES string of the molecule is CN(C)c1ccc(C(=O)NN=C2CC3CCC2C3)cc1. The maximum absolute atomic E-state index is 12.1. The molecule has 3 rings (SSSR count). The summed E-state index contributed by atoms with van der Waals surface area (Å²) in [5.41, 5.74) is 5.64. The van der Waals surface area contributed by atoms with E-state index in [-0.39, 0.29) is 5.91 Å². The Kier molecular flexibility index (Phi) is 3.47. The van der Waals surface area contributed by atoms with Crippen LogP contribution >= 0.6 is 0 Å². The molecule has 2 fully saturated rings. The number of carbonyl (C=O) groups excluding carboxylic acids is 1. The number of fused-ring (bicyclic) bond motifs is 2. The van der Waals surface area contributed by atoms with Crippen LogP contribution in [0.25, 0.3) is 0 Å². The number of hydrazone groups is 1. The Bertz CT molecular complexity index is 533. The molecular weight excluding hydrogens is 250 g/mol. The summed E-state index contributed by atoms with van der Waals surface area (Å²) in [6, 6.07) is 7.57. The highest BCUT2D eigenvalue weighted by atomic mass is 16.2. The molecule has 2 bridgehead atoms. The predicted octanol–water partition coefficient (Wildman–Crippen LogP) is 2.66. The first-order chi connectivity index (χ1) is 9.63. The second kappa shape index (κ2) is 5.27. The first kappa shape index (κ1) is 13.2. The van der Waals surface area contributed by atoms with Crippen molar-refractivity contribution in [1.29, 1.82) is 0 Å². The van der Waals surface area contributed by atoms with E-state index >= 15 is 0 Å². The van der Waals surface area contributed by atoms with Gasteiger partial charge in [-0.25, -0.2) is 5.43 Å². The molecule has 2 saturated carbocycles. The Labute approximate surface area is 119 Å². The van der Waals surface area contributed by atoms with Gasteiger partial charge in [-0.15, -0.1) is 0 Å². The molecule has 2 aliphatic rings. The van der Waals surface area contributed by atoms with Gasteiger partial charge in [-0.05, 0) is 61.8 Å². The van der Waals surface area contributed by atoms with Crippen molar-refractivity contribution in [3.63, 3.8) is 0 Å². The van der Waals surface area contributed by atoms with E-state index in [2.05, 4.69) is 10.5 Å². The van der Waals surface area contributed by atoms with E-state index in [1.165, 1.54) is 25.0 Å². The lowest BCUT2D eigenvalue weighted by Crippen LogP contribution is -2.22. The van der Waals surface area contributed by atoms with Crippen molar-refractivity contribution in [2.45, 2.75) is 25.7 Å². The molecule has 0 heterocycles. The number of anilines is 1. The lowest BCUT2D eigenvalue weighted by molar-refractivity contribution is 0.0954. The van der Waals surface area contributed by atoms with Crippen molar-refractivity contribution in [2.75, 3.05) is 19.0 Å². The smallest absolute Gasteiger partial charge is 0.271 e. The van der Waals surface area contributed by atoms with Gasteiger partial charge in [0.1, 0.15) is 0 Å². The van der Waals surface area contributed by atoms with Gasteiger partial charge in [0.15, 0.2) is 0 Å².